The van der Waals surface area contributed by atoms with E-state index in [1.807, 2.05) is 49.6 Å². The minimum absolute atomic E-state index is 0.00770. The summed E-state index contributed by atoms with van der Waals surface area (Å²) >= 11 is 0. The van der Waals surface area contributed by atoms with Gasteiger partial charge >= 0.3 is 0 Å². The van der Waals surface area contributed by atoms with Crippen molar-refractivity contribution >= 4 is 11.8 Å². The molecule has 0 radical (unpaired) electrons. The molecule has 5 heteroatoms. The number of hydrogen-bond donors (Lipinski definition) is 0. The summed E-state index contributed by atoms with van der Waals surface area (Å²) in [7, 11) is 1.59. The molecule has 1 aliphatic heterocycles. The van der Waals surface area contributed by atoms with Crippen LogP contribution in [0.15, 0.2) is 12.1 Å². The Labute approximate surface area is 144 Å². The minimum atomic E-state index is -0.0109. The highest BCUT2D eigenvalue weighted by atomic mass is 16.5. The topological polar surface area (TPSA) is 49.9 Å². The van der Waals surface area contributed by atoms with Crippen molar-refractivity contribution in [3.05, 3.63) is 28.8 Å². The third kappa shape index (κ3) is 3.89. The Hall–Kier alpha value is -2.04. The van der Waals surface area contributed by atoms with E-state index in [0.29, 0.717) is 37.5 Å². The van der Waals surface area contributed by atoms with Crippen molar-refractivity contribution in [1.29, 1.82) is 0 Å². The molecular weight excluding hydrogens is 304 g/mol. The zero-order valence-corrected chi connectivity index (χ0v) is 15.4. The van der Waals surface area contributed by atoms with Gasteiger partial charge in [-0.15, -0.1) is 0 Å². The molecule has 1 aromatic rings. The van der Waals surface area contributed by atoms with Gasteiger partial charge in [0.2, 0.25) is 5.91 Å². The molecule has 0 unspecified atom stereocenters. The number of methoxy groups -OCH3 is 1. The first-order valence-corrected chi connectivity index (χ1v) is 8.58. The number of carbonyl (C=O) groups is 2. The molecule has 1 heterocycles. The molecule has 0 atom stereocenters. The average Bonchev–Trinajstić information content (AvgIpc) is 2.78. The number of benzene rings is 1. The monoisotopic (exact) mass is 332 g/mol. The van der Waals surface area contributed by atoms with Gasteiger partial charge in [0.25, 0.3) is 5.91 Å². The molecule has 0 N–H and O–H groups in total. The maximum absolute atomic E-state index is 13.0. The minimum Gasteiger partial charge on any atom is -0.496 e. The molecular formula is C19H28N2O3. The van der Waals surface area contributed by atoms with Crippen LogP contribution in [-0.2, 0) is 4.79 Å². The third-order valence-electron chi connectivity index (χ3n) is 4.47. The molecule has 1 fully saturated rings. The van der Waals surface area contributed by atoms with Crippen LogP contribution >= 0.6 is 0 Å². The van der Waals surface area contributed by atoms with Crippen LogP contribution in [0.1, 0.15) is 41.8 Å². The summed E-state index contributed by atoms with van der Waals surface area (Å²) < 4.78 is 5.43. The fourth-order valence-corrected chi connectivity index (χ4v) is 3.23. The summed E-state index contributed by atoms with van der Waals surface area (Å²) in [6, 6.07) is 3.90. The van der Waals surface area contributed by atoms with Gasteiger partial charge in [-0.1, -0.05) is 19.9 Å². The largest absolute Gasteiger partial charge is 0.496 e. The van der Waals surface area contributed by atoms with Gasteiger partial charge in [0, 0.05) is 32.1 Å². The molecule has 0 bridgehead atoms. The number of aryl methyl sites for hydroxylation is 2. The number of carbonyl (C=O) groups excluding carboxylic acids is 2. The highest BCUT2D eigenvalue weighted by molar-refractivity contribution is 5.98. The van der Waals surface area contributed by atoms with Crippen LogP contribution in [0.2, 0.25) is 0 Å². The first-order chi connectivity index (χ1) is 11.3. The van der Waals surface area contributed by atoms with E-state index in [1.54, 1.807) is 7.11 Å². The van der Waals surface area contributed by atoms with Crippen LogP contribution < -0.4 is 4.74 Å². The van der Waals surface area contributed by atoms with Crippen molar-refractivity contribution in [3.63, 3.8) is 0 Å². The van der Waals surface area contributed by atoms with E-state index in [-0.39, 0.29) is 17.7 Å². The summed E-state index contributed by atoms with van der Waals surface area (Å²) in [5.74, 6) is 0.764. The van der Waals surface area contributed by atoms with Gasteiger partial charge in [0.05, 0.1) is 12.7 Å². The molecule has 0 saturated carbocycles. The van der Waals surface area contributed by atoms with Crippen LogP contribution in [-0.4, -0.2) is 54.9 Å². The number of ether oxygens (including phenoxy) is 1. The lowest BCUT2D eigenvalue weighted by Crippen LogP contribution is -2.39. The Morgan fingerprint density at radius 3 is 2.29 bits per heavy atom. The molecule has 0 aliphatic carbocycles. The fourth-order valence-electron chi connectivity index (χ4n) is 3.23. The lowest BCUT2D eigenvalue weighted by atomic mass is 10.0. The summed E-state index contributed by atoms with van der Waals surface area (Å²) in [5.41, 5.74) is 2.63. The molecule has 1 aromatic carbocycles. The predicted molar refractivity (Wildman–Crippen MR) is 94.4 cm³/mol. The SMILES string of the molecule is COc1cc(C)cc(C)c1C(=O)N1CCCN(C(=O)C(C)C)CC1. The molecule has 132 valence electrons. The Bertz CT molecular complexity index is 625. The average molecular weight is 332 g/mol. The van der Waals surface area contributed by atoms with Crippen molar-refractivity contribution in [1.82, 2.24) is 9.80 Å². The van der Waals surface area contributed by atoms with Gasteiger partial charge in [-0.25, -0.2) is 0 Å². The van der Waals surface area contributed by atoms with Gasteiger partial charge in [-0.2, -0.15) is 0 Å². The van der Waals surface area contributed by atoms with Crippen molar-refractivity contribution in [3.8, 4) is 5.75 Å². The lowest BCUT2D eigenvalue weighted by Gasteiger charge is -2.24. The van der Waals surface area contributed by atoms with E-state index in [2.05, 4.69) is 0 Å². The molecule has 2 amide bonds. The Balaban J connectivity index is 2.18. The molecule has 1 aliphatic rings. The van der Waals surface area contributed by atoms with E-state index in [0.717, 1.165) is 17.5 Å². The van der Waals surface area contributed by atoms with Crippen molar-refractivity contribution in [2.75, 3.05) is 33.3 Å². The van der Waals surface area contributed by atoms with Crippen LogP contribution in [0.4, 0.5) is 0 Å². The summed E-state index contributed by atoms with van der Waals surface area (Å²) in [5, 5.41) is 0. The summed E-state index contributed by atoms with van der Waals surface area (Å²) in [4.78, 5) is 28.9. The lowest BCUT2D eigenvalue weighted by molar-refractivity contribution is -0.134. The highest BCUT2D eigenvalue weighted by Gasteiger charge is 2.26. The summed E-state index contributed by atoms with van der Waals surface area (Å²) in [6.07, 6.45) is 0.803. The van der Waals surface area contributed by atoms with Gasteiger partial charge in [0.15, 0.2) is 0 Å². The Morgan fingerprint density at radius 1 is 1.04 bits per heavy atom. The van der Waals surface area contributed by atoms with E-state index < -0.39 is 0 Å². The van der Waals surface area contributed by atoms with E-state index in [4.69, 9.17) is 4.74 Å². The van der Waals surface area contributed by atoms with Gasteiger partial charge in [-0.05, 0) is 37.5 Å². The van der Waals surface area contributed by atoms with Crippen molar-refractivity contribution in [2.45, 2.75) is 34.1 Å². The zero-order valence-electron chi connectivity index (χ0n) is 15.4. The van der Waals surface area contributed by atoms with Crippen LogP contribution in [0.3, 0.4) is 0 Å². The quantitative estimate of drug-likeness (QED) is 0.855. The van der Waals surface area contributed by atoms with E-state index in [9.17, 15) is 9.59 Å². The molecule has 1 saturated heterocycles. The Morgan fingerprint density at radius 2 is 1.67 bits per heavy atom. The molecule has 24 heavy (non-hydrogen) atoms. The van der Waals surface area contributed by atoms with Gasteiger partial charge < -0.3 is 14.5 Å². The maximum Gasteiger partial charge on any atom is 0.257 e. The first kappa shape index (κ1) is 18.3. The van der Waals surface area contributed by atoms with Crippen LogP contribution in [0.5, 0.6) is 5.75 Å². The second kappa shape index (κ2) is 7.69. The first-order valence-electron chi connectivity index (χ1n) is 8.58. The standard InChI is InChI=1S/C19H28N2O3/c1-13(2)18(22)20-7-6-8-21(10-9-20)19(23)17-15(4)11-14(3)12-16(17)24-5/h11-13H,6-10H2,1-5H3. The van der Waals surface area contributed by atoms with Gasteiger partial charge in [0.1, 0.15) is 5.75 Å². The molecule has 0 aromatic heterocycles. The molecule has 5 nitrogen and oxygen atoms in total. The van der Waals surface area contributed by atoms with Crippen molar-refractivity contribution < 1.29 is 14.3 Å². The molecule has 2 rings (SSSR count). The number of hydrogen-bond acceptors (Lipinski definition) is 3. The normalized spacial score (nSPS) is 15.4. The number of nitrogens with zero attached hydrogens (tertiary/aromatic N) is 2. The van der Waals surface area contributed by atoms with Crippen LogP contribution in [0, 0.1) is 19.8 Å². The highest BCUT2D eigenvalue weighted by Crippen LogP contribution is 2.26. The zero-order chi connectivity index (χ0) is 17.9. The van der Waals surface area contributed by atoms with Gasteiger partial charge in [-0.3, -0.25) is 9.59 Å². The van der Waals surface area contributed by atoms with Crippen LogP contribution in [0.25, 0.3) is 0 Å². The molecule has 0 spiro atoms. The van der Waals surface area contributed by atoms with Crippen molar-refractivity contribution in [2.24, 2.45) is 5.92 Å². The second-order valence-electron chi connectivity index (χ2n) is 6.78. The smallest absolute Gasteiger partial charge is 0.257 e. The maximum atomic E-state index is 13.0. The number of rotatable bonds is 3. The predicted octanol–water partition coefficient (Wildman–Crippen LogP) is 2.64. The fraction of sp³-hybridized carbons (Fsp3) is 0.579. The second-order valence-corrected chi connectivity index (χ2v) is 6.78. The summed E-state index contributed by atoms with van der Waals surface area (Å²) in [6.45, 7) is 10.3. The van der Waals surface area contributed by atoms with E-state index in [1.165, 1.54) is 0 Å². The third-order valence-corrected chi connectivity index (χ3v) is 4.47. The van der Waals surface area contributed by atoms with E-state index >= 15 is 0 Å². The Kier molecular flexibility index (Phi) is 5.86. The number of amides is 2.